The minimum absolute atomic E-state index is 0.144. The number of anilines is 2. The number of aromatic nitrogens is 2. The summed E-state index contributed by atoms with van der Waals surface area (Å²) in [7, 11) is 1.57. The number of nitrogens with two attached hydrogens (primary N) is 1. The maximum atomic E-state index is 13.9. The topological polar surface area (TPSA) is 94.5 Å². The summed E-state index contributed by atoms with van der Waals surface area (Å²) in [6.45, 7) is 8.90. The van der Waals surface area contributed by atoms with E-state index in [1.54, 1.807) is 25.2 Å². The average molecular weight is 606 g/mol. The van der Waals surface area contributed by atoms with Gasteiger partial charge in [-0.2, -0.15) is 0 Å². The van der Waals surface area contributed by atoms with E-state index in [0.29, 0.717) is 35.8 Å². The monoisotopic (exact) mass is 605 g/mol. The fraction of sp³-hybridized carbons (Fsp3) is 0.400. The van der Waals surface area contributed by atoms with Crippen LogP contribution < -0.4 is 31.9 Å². The van der Waals surface area contributed by atoms with Crippen LogP contribution in [0.15, 0.2) is 70.3 Å². The fourth-order valence-corrected chi connectivity index (χ4v) is 5.63. The van der Waals surface area contributed by atoms with Crippen LogP contribution in [0.4, 0.5) is 24.7 Å². The molecule has 1 aliphatic heterocycles. The van der Waals surface area contributed by atoms with E-state index in [1.807, 2.05) is 30.9 Å². The highest BCUT2D eigenvalue weighted by molar-refractivity contribution is 6.30. The lowest BCUT2D eigenvalue weighted by molar-refractivity contribution is -0.274. The van der Waals surface area contributed by atoms with E-state index in [1.165, 1.54) is 27.3 Å². The van der Waals surface area contributed by atoms with Gasteiger partial charge in [-0.15, -0.1) is 13.2 Å². The lowest BCUT2D eigenvalue weighted by atomic mass is 9.71. The lowest BCUT2D eigenvalue weighted by Gasteiger charge is -2.43. The molecule has 12 heteroatoms. The summed E-state index contributed by atoms with van der Waals surface area (Å²) >= 11 is 6.13. The number of ether oxygens (including phenoxy) is 1. The van der Waals surface area contributed by atoms with E-state index in [0.717, 1.165) is 17.6 Å². The van der Waals surface area contributed by atoms with Crippen molar-refractivity contribution in [1.29, 1.82) is 0 Å². The number of hydrogen-bond acceptors (Lipinski definition) is 6. The Morgan fingerprint density at radius 3 is 2.48 bits per heavy atom. The van der Waals surface area contributed by atoms with Crippen molar-refractivity contribution < 1.29 is 17.9 Å². The Kier molecular flexibility index (Phi) is 9.12. The first-order chi connectivity index (χ1) is 19.8. The van der Waals surface area contributed by atoms with Gasteiger partial charge < -0.3 is 20.7 Å². The molecule has 8 nitrogen and oxygen atoms in total. The molecule has 0 saturated heterocycles. The van der Waals surface area contributed by atoms with E-state index in [-0.39, 0.29) is 24.5 Å². The van der Waals surface area contributed by atoms with Crippen molar-refractivity contribution in [2.24, 2.45) is 12.8 Å². The number of halogens is 4. The van der Waals surface area contributed by atoms with Crippen LogP contribution in [0.2, 0.25) is 5.02 Å². The molecule has 3 aromatic rings. The summed E-state index contributed by atoms with van der Waals surface area (Å²) in [6, 6.07) is 12.9. The van der Waals surface area contributed by atoms with Crippen LogP contribution in [-0.2, 0) is 25.6 Å². The predicted octanol–water partition coefficient (Wildman–Crippen LogP) is 5.52. The predicted molar refractivity (Wildman–Crippen MR) is 159 cm³/mol. The summed E-state index contributed by atoms with van der Waals surface area (Å²) in [5.74, 6) is -0.0574. The van der Waals surface area contributed by atoms with Crippen LogP contribution in [0.3, 0.4) is 0 Å². The molecule has 0 amide bonds. The van der Waals surface area contributed by atoms with Crippen molar-refractivity contribution in [2.45, 2.75) is 64.1 Å². The zero-order chi connectivity index (χ0) is 30.8. The molecule has 3 N–H and O–H groups in total. The second kappa shape index (κ2) is 12.3. The number of alkyl halides is 3. The van der Waals surface area contributed by atoms with Gasteiger partial charge in [0.2, 0.25) is 0 Å². The zero-order valence-corrected chi connectivity index (χ0v) is 24.6. The Hall–Kier alpha value is -3.70. The molecular formula is C30H35ClF3N5O3. The lowest BCUT2D eigenvalue weighted by Crippen LogP contribution is -2.52. The molecule has 0 fully saturated rings. The standard InChI is InChI=1S/C30H35ClF3N5O3/c1-5-8-19(2)29(3,21-9-6-10-23(17-21)42-30(32,33)34)27-36-25-24(39(27)18-20-11-13-22(31)14-12-20)26(40)38(16-7-15-35)28(41)37(25)4/h6,9-14,17,27,36H,2,5,7-8,15-16,18,35H2,1,3-4H3. The summed E-state index contributed by atoms with van der Waals surface area (Å²) in [5.41, 5.74) is 5.99. The summed E-state index contributed by atoms with van der Waals surface area (Å²) in [4.78, 5) is 29.1. The Morgan fingerprint density at radius 2 is 1.86 bits per heavy atom. The third-order valence-electron chi connectivity index (χ3n) is 7.75. The van der Waals surface area contributed by atoms with E-state index in [2.05, 4.69) is 16.6 Å². The molecule has 0 saturated carbocycles. The number of nitrogens with one attached hydrogen (secondary N) is 1. The third kappa shape index (κ3) is 6.07. The minimum atomic E-state index is -4.87. The van der Waals surface area contributed by atoms with Gasteiger partial charge in [0.05, 0.1) is 5.41 Å². The first kappa shape index (κ1) is 31.2. The molecule has 0 spiro atoms. The van der Waals surface area contributed by atoms with Gasteiger partial charge in [0, 0.05) is 25.2 Å². The Morgan fingerprint density at radius 1 is 1.17 bits per heavy atom. The molecule has 4 rings (SSSR count). The van der Waals surface area contributed by atoms with Crippen molar-refractivity contribution in [3.05, 3.63) is 97.7 Å². The summed E-state index contributed by atoms with van der Waals surface area (Å²) in [6.07, 6.45) is -3.87. The summed E-state index contributed by atoms with van der Waals surface area (Å²) in [5, 5.41) is 3.94. The van der Waals surface area contributed by atoms with E-state index < -0.39 is 29.2 Å². The minimum Gasteiger partial charge on any atom is -0.406 e. The van der Waals surface area contributed by atoms with Crippen molar-refractivity contribution in [3.8, 4) is 5.75 Å². The van der Waals surface area contributed by atoms with Gasteiger partial charge in [-0.05, 0) is 61.7 Å². The zero-order valence-electron chi connectivity index (χ0n) is 23.8. The smallest absolute Gasteiger partial charge is 0.406 e. The SMILES string of the molecule is C=C(CCC)C(C)(c1cccc(OC(F)(F)F)c1)C1Nc2c(c(=O)n(CCCN)c(=O)n2C)N1Cc1ccc(Cl)cc1. The van der Waals surface area contributed by atoms with Gasteiger partial charge in [-0.3, -0.25) is 13.9 Å². The Balaban J connectivity index is 1.95. The van der Waals surface area contributed by atoms with Gasteiger partial charge >= 0.3 is 12.1 Å². The maximum absolute atomic E-state index is 13.9. The van der Waals surface area contributed by atoms with Gasteiger partial charge in [0.25, 0.3) is 5.56 Å². The van der Waals surface area contributed by atoms with Gasteiger partial charge in [0.15, 0.2) is 0 Å². The van der Waals surface area contributed by atoms with Crippen molar-refractivity contribution in [2.75, 3.05) is 16.8 Å². The normalized spacial score (nSPS) is 16.1. The first-order valence-electron chi connectivity index (χ1n) is 13.7. The van der Waals surface area contributed by atoms with Crippen LogP contribution >= 0.6 is 11.6 Å². The Bertz CT molecular complexity index is 1570. The molecule has 226 valence electrons. The molecule has 1 aliphatic rings. The highest BCUT2D eigenvalue weighted by atomic mass is 35.5. The van der Waals surface area contributed by atoms with Crippen LogP contribution in [0.5, 0.6) is 5.75 Å². The summed E-state index contributed by atoms with van der Waals surface area (Å²) < 4.78 is 46.3. The van der Waals surface area contributed by atoms with E-state index in [4.69, 9.17) is 17.3 Å². The van der Waals surface area contributed by atoms with Crippen molar-refractivity contribution in [3.63, 3.8) is 0 Å². The third-order valence-corrected chi connectivity index (χ3v) is 8.00. The van der Waals surface area contributed by atoms with E-state index in [9.17, 15) is 22.8 Å². The molecular weight excluding hydrogens is 571 g/mol. The largest absolute Gasteiger partial charge is 0.573 e. The highest BCUT2D eigenvalue weighted by Gasteiger charge is 2.48. The molecule has 42 heavy (non-hydrogen) atoms. The number of nitrogens with zero attached hydrogens (tertiary/aromatic N) is 3. The molecule has 2 unspecified atom stereocenters. The maximum Gasteiger partial charge on any atom is 0.573 e. The number of rotatable bonds is 11. The molecule has 1 aromatic heterocycles. The number of benzene rings is 2. The number of fused-ring (bicyclic) bond motifs is 1. The van der Waals surface area contributed by atoms with Gasteiger partial charge in [0.1, 0.15) is 23.4 Å². The molecule has 0 bridgehead atoms. The van der Waals surface area contributed by atoms with Gasteiger partial charge in [-0.25, -0.2) is 4.79 Å². The highest BCUT2D eigenvalue weighted by Crippen LogP contribution is 2.46. The molecule has 2 aromatic carbocycles. The van der Waals surface area contributed by atoms with Crippen LogP contribution in [0.1, 0.15) is 44.2 Å². The quantitative estimate of drug-likeness (QED) is 0.280. The molecule has 2 heterocycles. The van der Waals surface area contributed by atoms with Crippen LogP contribution in [0, 0.1) is 0 Å². The number of hydrogen-bond donors (Lipinski definition) is 2. The first-order valence-corrected chi connectivity index (χ1v) is 14.1. The molecule has 0 radical (unpaired) electrons. The molecule has 2 atom stereocenters. The van der Waals surface area contributed by atoms with Crippen molar-refractivity contribution in [1.82, 2.24) is 9.13 Å². The Labute approximate surface area is 247 Å². The van der Waals surface area contributed by atoms with Gasteiger partial charge in [-0.1, -0.05) is 61.4 Å². The average Bonchev–Trinajstić information content (AvgIpc) is 3.31. The van der Waals surface area contributed by atoms with Crippen molar-refractivity contribution >= 4 is 23.1 Å². The van der Waals surface area contributed by atoms with Crippen LogP contribution in [0.25, 0.3) is 0 Å². The van der Waals surface area contributed by atoms with Crippen LogP contribution in [-0.4, -0.2) is 28.2 Å². The van der Waals surface area contributed by atoms with E-state index >= 15 is 0 Å². The second-order valence-electron chi connectivity index (χ2n) is 10.6. The molecule has 0 aliphatic carbocycles. The second-order valence-corrected chi connectivity index (χ2v) is 11.0. The fourth-order valence-electron chi connectivity index (χ4n) is 5.50.